The maximum absolute atomic E-state index is 13.9. The number of carbonyl (C=O) groups is 1. The van der Waals surface area contributed by atoms with Crippen molar-refractivity contribution in [3.63, 3.8) is 0 Å². The number of fused-ring (bicyclic) bond motifs is 1. The number of hydrogen-bond donors (Lipinski definition) is 2. The van der Waals surface area contributed by atoms with Gasteiger partial charge in [-0.1, -0.05) is 36.4 Å². The number of allylic oxidation sites excluding steroid dienone is 1. The molecule has 11 heteroatoms. The predicted octanol–water partition coefficient (Wildman–Crippen LogP) is 5.71. The van der Waals surface area contributed by atoms with Gasteiger partial charge in [0.25, 0.3) is 5.91 Å². The molecule has 2 N–H and O–H groups in total. The molecule has 0 spiro atoms. The molecule has 3 aliphatic rings. The number of hydrogen-bond acceptors (Lipinski definition) is 4. The van der Waals surface area contributed by atoms with Gasteiger partial charge < -0.3 is 10.2 Å². The second-order valence-electron chi connectivity index (χ2n) is 9.48. The van der Waals surface area contributed by atoms with E-state index in [2.05, 4.69) is 10.7 Å². The van der Waals surface area contributed by atoms with Crippen molar-refractivity contribution in [3.8, 4) is 0 Å². The minimum atomic E-state index is -4.82. The van der Waals surface area contributed by atoms with Gasteiger partial charge >= 0.3 is 12.4 Å². The lowest BCUT2D eigenvalue weighted by Gasteiger charge is -2.29. The summed E-state index contributed by atoms with van der Waals surface area (Å²) in [5, 5.41) is 3.85. The molecule has 5 nitrogen and oxygen atoms in total. The highest BCUT2D eigenvalue weighted by Crippen LogP contribution is 2.41. The van der Waals surface area contributed by atoms with Crippen LogP contribution in [0.1, 0.15) is 54.0 Å². The Morgan fingerprint density at radius 2 is 1.62 bits per heavy atom. The van der Waals surface area contributed by atoms with E-state index < -0.39 is 47.3 Å². The molecule has 5 rings (SSSR count). The molecule has 1 fully saturated rings. The average molecular weight is 522 g/mol. The predicted molar refractivity (Wildman–Crippen MR) is 123 cm³/mol. The van der Waals surface area contributed by atoms with Gasteiger partial charge in [-0.3, -0.25) is 15.2 Å². The second kappa shape index (κ2) is 9.04. The van der Waals surface area contributed by atoms with Crippen LogP contribution in [0.2, 0.25) is 0 Å². The van der Waals surface area contributed by atoms with E-state index in [1.54, 1.807) is 6.92 Å². The Kier molecular flexibility index (Phi) is 6.12. The molecular weight excluding hydrogens is 498 g/mol. The number of nitrogens with one attached hydrogen (secondary N) is 2. The van der Waals surface area contributed by atoms with Gasteiger partial charge in [0.1, 0.15) is 5.70 Å². The number of alkyl halides is 6. The fourth-order valence-corrected chi connectivity index (χ4v) is 4.63. The Bertz CT molecular complexity index is 1230. The summed E-state index contributed by atoms with van der Waals surface area (Å²) in [5.74, 6) is -0.327. The van der Waals surface area contributed by atoms with Crippen molar-refractivity contribution < 1.29 is 31.1 Å². The van der Waals surface area contributed by atoms with Crippen molar-refractivity contribution in [2.24, 2.45) is 0 Å². The number of hydrazine groups is 1. The first-order valence-corrected chi connectivity index (χ1v) is 11.8. The van der Waals surface area contributed by atoms with Crippen LogP contribution in [0, 0.1) is 0 Å². The molecule has 2 aliphatic heterocycles. The molecule has 37 heavy (non-hydrogen) atoms. The number of nitrogens with zero attached hydrogens (tertiary/aromatic N) is 2. The third kappa shape index (κ3) is 5.12. The van der Waals surface area contributed by atoms with Gasteiger partial charge in [-0.2, -0.15) is 26.3 Å². The molecule has 0 saturated heterocycles. The Morgan fingerprint density at radius 1 is 0.973 bits per heavy atom. The fourth-order valence-electron chi connectivity index (χ4n) is 4.63. The van der Waals surface area contributed by atoms with E-state index in [1.807, 2.05) is 24.3 Å². The fraction of sp³-hybridized carbons (Fsp3) is 0.346. The molecule has 2 heterocycles. The molecule has 2 atom stereocenters. The lowest BCUT2D eigenvalue weighted by atomic mass is 10.0. The van der Waals surface area contributed by atoms with Crippen LogP contribution in [-0.4, -0.2) is 28.2 Å². The Labute approximate surface area is 209 Å². The molecule has 1 unspecified atom stereocenters. The van der Waals surface area contributed by atoms with E-state index in [4.69, 9.17) is 0 Å². The number of benzene rings is 2. The van der Waals surface area contributed by atoms with Gasteiger partial charge in [0.05, 0.1) is 17.2 Å². The van der Waals surface area contributed by atoms with Gasteiger partial charge in [0.2, 0.25) is 0 Å². The second-order valence-corrected chi connectivity index (χ2v) is 9.48. The van der Waals surface area contributed by atoms with Gasteiger partial charge in [-0.05, 0) is 54.5 Å². The van der Waals surface area contributed by atoms with Gasteiger partial charge in [-0.15, -0.1) is 0 Å². The van der Waals surface area contributed by atoms with Crippen molar-refractivity contribution in [2.75, 3.05) is 0 Å². The van der Waals surface area contributed by atoms with E-state index in [0.717, 1.165) is 35.5 Å². The first kappa shape index (κ1) is 25.0. The lowest BCUT2D eigenvalue weighted by molar-refractivity contribution is -0.137. The minimum Gasteiger partial charge on any atom is -0.346 e. The summed E-state index contributed by atoms with van der Waals surface area (Å²) in [6.45, 7) is 1.70. The molecule has 0 bridgehead atoms. The van der Waals surface area contributed by atoms with Crippen molar-refractivity contribution in [1.29, 1.82) is 0 Å². The number of rotatable bonds is 6. The zero-order chi connectivity index (χ0) is 26.5. The Morgan fingerprint density at radius 3 is 2.19 bits per heavy atom. The molecule has 2 aromatic rings. The SMILES string of the molecule is CC(NC(=O)C1=C(C(F)(F)F)NN2C=CN(Cc3ccc(C(F)(F)F)cc3)[C@H]12)c1ccc(C2CC2)cc1. The normalized spacial score (nSPS) is 20.2. The summed E-state index contributed by atoms with van der Waals surface area (Å²) in [6.07, 6.45) is -5.30. The summed E-state index contributed by atoms with van der Waals surface area (Å²) in [5.41, 5.74) is 2.17. The highest BCUT2D eigenvalue weighted by Gasteiger charge is 2.50. The Hall–Kier alpha value is -3.63. The standard InChI is InChI=1S/C26H24F6N4O/c1-15(17-4-6-18(7-5-17)19-8-9-19)33-23(37)21-22(26(30,31)32)34-36-13-12-35(24(21)36)14-16-2-10-20(11-3-16)25(27,28)29/h2-7,10-13,15,19,24,34H,8-9,14H2,1H3,(H,33,37)/t15?,24-/m0/s1. The van der Waals surface area contributed by atoms with E-state index in [0.29, 0.717) is 11.5 Å². The summed E-state index contributed by atoms with van der Waals surface area (Å²) < 4.78 is 80.4. The monoisotopic (exact) mass is 522 g/mol. The smallest absolute Gasteiger partial charge is 0.346 e. The highest BCUT2D eigenvalue weighted by atomic mass is 19.4. The van der Waals surface area contributed by atoms with Crippen LogP contribution in [0.3, 0.4) is 0 Å². The number of halogens is 6. The van der Waals surface area contributed by atoms with Crippen LogP contribution in [0.15, 0.2) is 72.2 Å². The quantitative estimate of drug-likeness (QED) is 0.478. The van der Waals surface area contributed by atoms with Crippen LogP contribution in [0.5, 0.6) is 0 Å². The van der Waals surface area contributed by atoms with Crippen molar-refractivity contribution >= 4 is 5.91 Å². The Balaban J connectivity index is 1.36. The summed E-state index contributed by atoms with van der Waals surface area (Å²) in [4.78, 5) is 14.7. The summed E-state index contributed by atoms with van der Waals surface area (Å²) in [7, 11) is 0. The van der Waals surface area contributed by atoms with E-state index in [-0.39, 0.29) is 6.54 Å². The van der Waals surface area contributed by atoms with Crippen LogP contribution in [-0.2, 0) is 17.5 Å². The molecule has 196 valence electrons. The van der Waals surface area contributed by atoms with E-state index >= 15 is 0 Å². The topological polar surface area (TPSA) is 47.6 Å². The maximum atomic E-state index is 13.9. The largest absolute Gasteiger partial charge is 0.433 e. The molecular formula is C26H24F6N4O. The van der Waals surface area contributed by atoms with Crippen molar-refractivity contribution in [2.45, 2.75) is 56.8 Å². The molecule has 0 aromatic heterocycles. The third-order valence-corrected chi connectivity index (χ3v) is 6.77. The van der Waals surface area contributed by atoms with Crippen LogP contribution in [0.4, 0.5) is 26.3 Å². The zero-order valence-electron chi connectivity index (χ0n) is 19.7. The average Bonchev–Trinajstić information content (AvgIpc) is 3.50. The van der Waals surface area contributed by atoms with Gasteiger partial charge in [0.15, 0.2) is 6.17 Å². The summed E-state index contributed by atoms with van der Waals surface area (Å²) >= 11 is 0. The zero-order valence-corrected chi connectivity index (χ0v) is 19.7. The van der Waals surface area contributed by atoms with Gasteiger partial charge in [0, 0.05) is 18.9 Å². The molecule has 1 amide bonds. The number of amides is 1. The lowest BCUT2D eigenvalue weighted by Crippen LogP contribution is -2.43. The highest BCUT2D eigenvalue weighted by molar-refractivity contribution is 5.96. The third-order valence-electron chi connectivity index (χ3n) is 6.77. The number of carbonyl (C=O) groups excluding carboxylic acids is 1. The summed E-state index contributed by atoms with van der Waals surface area (Å²) in [6, 6.07) is 11.5. The molecule has 0 radical (unpaired) electrons. The van der Waals surface area contributed by atoms with Gasteiger partial charge in [-0.25, -0.2) is 0 Å². The first-order valence-electron chi connectivity index (χ1n) is 11.8. The molecule has 1 saturated carbocycles. The maximum Gasteiger partial charge on any atom is 0.433 e. The first-order chi connectivity index (χ1) is 17.4. The van der Waals surface area contributed by atoms with Crippen molar-refractivity contribution in [1.82, 2.24) is 20.7 Å². The minimum absolute atomic E-state index is 0.00240. The van der Waals surface area contributed by atoms with Crippen LogP contribution < -0.4 is 10.7 Å². The molecule has 2 aromatic carbocycles. The van der Waals surface area contributed by atoms with Crippen LogP contribution in [0.25, 0.3) is 0 Å². The van der Waals surface area contributed by atoms with E-state index in [9.17, 15) is 31.1 Å². The van der Waals surface area contributed by atoms with Crippen LogP contribution >= 0.6 is 0 Å². The van der Waals surface area contributed by atoms with E-state index in [1.165, 1.54) is 35.0 Å². The molecule has 1 aliphatic carbocycles. The van der Waals surface area contributed by atoms with Crippen molar-refractivity contribution in [3.05, 3.63) is 94.5 Å².